The second-order valence-electron chi connectivity index (χ2n) is 8.41. The number of fused-ring (bicyclic) bond motifs is 2. The van der Waals surface area contributed by atoms with Crippen LogP contribution in [0.15, 0.2) is 53.6 Å². The number of carbonyl (C=O) groups is 1. The Balaban J connectivity index is 1.19. The SMILES string of the molecule is CCn1ccc2cc(S(=O)(=O)N3CCC(C(=O)NCc4ccc5c(c4)OCO5)CC3)ccc21. The van der Waals surface area contributed by atoms with Gasteiger partial charge in [-0.05, 0) is 61.7 Å². The molecule has 3 aromatic rings. The topological polar surface area (TPSA) is 89.9 Å². The van der Waals surface area contributed by atoms with Gasteiger partial charge in [-0.15, -0.1) is 0 Å². The van der Waals surface area contributed by atoms with Crippen LogP contribution >= 0.6 is 0 Å². The van der Waals surface area contributed by atoms with Crippen LogP contribution in [-0.2, 0) is 27.9 Å². The summed E-state index contributed by atoms with van der Waals surface area (Å²) in [4.78, 5) is 13.0. The Bertz CT molecular complexity index is 1290. The van der Waals surface area contributed by atoms with Crippen molar-refractivity contribution < 1.29 is 22.7 Å². The molecule has 33 heavy (non-hydrogen) atoms. The molecule has 1 fully saturated rings. The first-order valence-electron chi connectivity index (χ1n) is 11.2. The maximum Gasteiger partial charge on any atom is 0.243 e. The molecule has 1 aromatic heterocycles. The van der Waals surface area contributed by atoms with Gasteiger partial charge in [-0.2, -0.15) is 4.31 Å². The summed E-state index contributed by atoms with van der Waals surface area (Å²) in [7, 11) is -3.59. The monoisotopic (exact) mass is 469 g/mol. The van der Waals surface area contributed by atoms with Gasteiger partial charge >= 0.3 is 0 Å². The van der Waals surface area contributed by atoms with E-state index in [-0.39, 0.29) is 18.6 Å². The van der Waals surface area contributed by atoms with E-state index in [2.05, 4.69) is 16.8 Å². The average Bonchev–Trinajstić information content (AvgIpc) is 3.48. The van der Waals surface area contributed by atoms with Crippen molar-refractivity contribution in [2.45, 2.75) is 37.8 Å². The van der Waals surface area contributed by atoms with Crippen molar-refractivity contribution in [3.63, 3.8) is 0 Å². The lowest BCUT2D eigenvalue weighted by atomic mass is 9.97. The van der Waals surface area contributed by atoms with Gasteiger partial charge in [-0.1, -0.05) is 6.07 Å². The van der Waals surface area contributed by atoms with Gasteiger partial charge in [0.05, 0.1) is 4.90 Å². The molecule has 0 aliphatic carbocycles. The molecular weight excluding hydrogens is 442 g/mol. The lowest BCUT2D eigenvalue weighted by Crippen LogP contribution is -2.42. The first kappa shape index (κ1) is 21.8. The molecule has 1 saturated heterocycles. The number of aromatic nitrogens is 1. The van der Waals surface area contributed by atoms with E-state index in [0.717, 1.165) is 23.0 Å². The number of carbonyl (C=O) groups excluding carboxylic acids is 1. The lowest BCUT2D eigenvalue weighted by Gasteiger charge is -2.30. The molecule has 2 aliphatic heterocycles. The molecule has 0 unspecified atom stereocenters. The molecule has 3 heterocycles. The van der Waals surface area contributed by atoms with Crippen molar-refractivity contribution in [2.75, 3.05) is 19.9 Å². The number of sulfonamides is 1. The molecule has 1 N–H and O–H groups in total. The molecule has 174 valence electrons. The minimum Gasteiger partial charge on any atom is -0.454 e. The number of nitrogens with zero attached hydrogens (tertiary/aromatic N) is 2. The highest BCUT2D eigenvalue weighted by atomic mass is 32.2. The summed E-state index contributed by atoms with van der Waals surface area (Å²) in [5, 5.41) is 3.88. The second-order valence-corrected chi connectivity index (χ2v) is 10.3. The second kappa shape index (κ2) is 8.72. The zero-order chi connectivity index (χ0) is 23.0. The summed E-state index contributed by atoms with van der Waals surface area (Å²) in [5.41, 5.74) is 1.95. The Hall–Kier alpha value is -3.04. The fourth-order valence-electron chi connectivity index (χ4n) is 4.51. The van der Waals surface area contributed by atoms with Gasteiger partial charge in [-0.3, -0.25) is 4.79 Å². The van der Waals surface area contributed by atoms with E-state index in [0.29, 0.717) is 48.9 Å². The molecule has 5 rings (SSSR count). The van der Waals surface area contributed by atoms with Gasteiger partial charge in [0.15, 0.2) is 11.5 Å². The number of hydrogen-bond donors (Lipinski definition) is 1. The quantitative estimate of drug-likeness (QED) is 0.599. The fraction of sp³-hybridized carbons (Fsp3) is 0.375. The van der Waals surface area contributed by atoms with Crippen LogP contribution in [0.3, 0.4) is 0 Å². The Kier molecular flexibility index (Phi) is 5.76. The maximum atomic E-state index is 13.2. The molecule has 2 aliphatic rings. The largest absolute Gasteiger partial charge is 0.454 e. The Morgan fingerprint density at radius 1 is 1.06 bits per heavy atom. The van der Waals surface area contributed by atoms with Gasteiger partial charge in [0, 0.05) is 49.2 Å². The summed E-state index contributed by atoms with van der Waals surface area (Å²) in [5.74, 6) is 1.14. The predicted octanol–water partition coefficient (Wildman–Crippen LogP) is 3.11. The van der Waals surface area contributed by atoms with Crippen LogP contribution in [-0.4, -0.2) is 43.1 Å². The van der Waals surface area contributed by atoms with Crippen molar-refractivity contribution in [2.24, 2.45) is 5.92 Å². The van der Waals surface area contributed by atoms with Crippen molar-refractivity contribution in [1.82, 2.24) is 14.2 Å². The number of nitrogens with one attached hydrogen (secondary N) is 1. The van der Waals surface area contributed by atoms with Gasteiger partial charge in [-0.25, -0.2) is 8.42 Å². The summed E-state index contributed by atoms with van der Waals surface area (Å²) in [6.45, 7) is 4.16. The van der Waals surface area contributed by atoms with Crippen molar-refractivity contribution in [3.05, 3.63) is 54.2 Å². The van der Waals surface area contributed by atoms with Crippen LogP contribution in [0.25, 0.3) is 10.9 Å². The van der Waals surface area contributed by atoms with Gasteiger partial charge in [0.25, 0.3) is 0 Å². The number of piperidine rings is 1. The highest BCUT2D eigenvalue weighted by molar-refractivity contribution is 7.89. The lowest BCUT2D eigenvalue weighted by molar-refractivity contribution is -0.126. The van der Waals surface area contributed by atoms with E-state index in [4.69, 9.17) is 9.47 Å². The normalized spacial score (nSPS) is 16.9. The van der Waals surface area contributed by atoms with Crippen LogP contribution in [0.4, 0.5) is 0 Å². The van der Waals surface area contributed by atoms with E-state index in [1.54, 1.807) is 12.1 Å². The zero-order valence-electron chi connectivity index (χ0n) is 18.5. The first-order chi connectivity index (χ1) is 16.0. The maximum absolute atomic E-state index is 13.2. The minimum absolute atomic E-state index is 0.0490. The average molecular weight is 470 g/mol. The molecule has 8 nitrogen and oxygen atoms in total. The van der Waals surface area contributed by atoms with Crippen LogP contribution in [0, 0.1) is 5.92 Å². The van der Waals surface area contributed by atoms with E-state index in [1.807, 2.05) is 36.5 Å². The number of aryl methyl sites for hydroxylation is 1. The summed E-state index contributed by atoms with van der Waals surface area (Å²) in [6, 6.07) is 12.8. The third kappa shape index (κ3) is 4.18. The first-order valence-corrected chi connectivity index (χ1v) is 12.6. The molecule has 0 spiro atoms. The molecular formula is C24H27N3O5S. The van der Waals surface area contributed by atoms with E-state index >= 15 is 0 Å². The standard InChI is InChI=1S/C24H27N3O5S/c1-2-26-10-7-19-14-20(4-5-21(19)26)33(29,30)27-11-8-18(9-12-27)24(28)25-15-17-3-6-22-23(13-17)32-16-31-22/h3-7,10,13-14,18H,2,8-9,11-12,15-16H2,1H3,(H,25,28). The molecule has 0 radical (unpaired) electrons. The smallest absolute Gasteiger partial charge is 0.243 e. The Morgan fingerprint density at radius 3 is 2.64 bits per heavy atom. The Morgan fingerprint density at radius 2 is 1.85 bits per heavy atom. The minimum atomic E-state index is -3.59. The van der Waals surface area contributed by atoms with Crippen LogP contribution in [0.1, 0.15) is 25.3 Å². The van der Waals surface area contributed by atoms with E-state index in [9.17, 15) is 13.2 Å². The van der Waals surface area contributed by atoms with Crippen molar-refractivity contribution in [3.8, 4) is 11.5 Å². The van der Waals surface area contributed by atoms with Crippen LogP contribution in [0.2, 0.25) is 0 Å². The van der Waals surface area contributed by atoms with Gasteiger partial charge < -0.3 is 19.4 Å². The third-order valence-corrected chi connectivity index (χ3v) is 8.34. The van der Waals surface area contributed by atoms with Crippen molar-refractivity contribution >= 4 is 26.8 Å². The van der Waals surface area contributed by atoms with E-state index < -0.39 is 10.0 Å². The van der Waals surface area contributed by atoms with Gasteiger partial charge in [0.2, 0.25) is 22.7 Å². The summed E-state index contributed by atoms with van der Waals surface area (Å²) in [6.07, 6.45) is 2.97. The highest BCUT2D eigenvalue weighted by Crippen LogP contribution is 2.32. The number of ether oxygens (including phenoxy) is 2. The number of rotatable bonds is 6. The van der Waals surface area contributed by atoms with Crippen LogP contribution in [0.5, 0.6) is 11.5 Å². The predicted molar refractivity (Wildman–Crippen MR) is 124 cm³/mol. The number of hydrogen-bond acceptors (Lipinski definition) is 5. The molecule has 9 heteroatoms. The van der Waals surface area contributed by atoms with Gasteiger partial charge in [0.1, 0.15) is 0 Å². The molecule has 1 amide bonds. The molecule has 2 aromatic carbocycles. The Labute approximate surface area is 193 Å². The summed E-state index contributed by atoms with van der Waals surface area (Å²) >= 11 is 0. The van der Waals surface area contributed by atoms with Crippen molar-refractivity contribution in [1.29, 1.82) is 0 Å². The molecule has 0 saturated carbocycles. The fourth-order valence-corrected chi connectivity index (χ4v) is 6.01. The molecule has 0 bridgehead atoms. The van der Waals surface area contributed by atoms with Crippen LogP contribution < -0.4 is 14.8 Å². The summed E-state index contributed by atoms with van der Waals surface area (Å²) < 4.78 is 40.6. The number of amides is 1. The zero-order valence-corrected chi connectivity index (χ0v) is 19.3. The molecule has 0 atom stereocenters. The van der Waals surface area contributed by atoms with E-state index in [1.165, 1.54) is 4.31 Å². The third-order valence-electron chi connectivity index (χ3n) is 6.45. The highest BCUT2D eigenvalue weighted by Gasteiger charge is 2.32. The number of benzene rings is 2.